The van der Waals surface area contributed by atoms with Crippen molar-refractivity contribution in [1.29, 1.82) is 0 Å². The van der Waals surface area contributed by atoms with E-state index in [2.05, 4.69) is 10.2 Å². The first-order valence-corrected chi connectivity index (χ1v) is 7.90. The standard InChI is InChI=1S/C18H18ClN3O3/c1-23-16-7-13(8-17(25-19)18(16)24-2)15-9-14(21-22-15)12-5-3-11(10-20)4-6-12/h3-9H,10,20H2,1-2H3,(H,21,22). The Balaban J connectivity index is 1.98. The molecule has 0 aliphatic carbocycles. The molecule has 1 aromatic heterocycles. The second-order valence-electron chi connectivity index (χ2n) is 5.35. The Bertz CT molecular complexity index is 837. The summed E-state index contributed by atoms with van der Waals surface area (Å²) in [6, 6.07) is 13.5. The Morgan fingerprint density at radius 1 is 1.00 bits per heavy atom. The number of rotatable bonds is 6. The van der Waals surface area contributed by atoms with Gasteiger partial charge in [0.05, 0.1) is 25.6 Å². The zero-order valence-electron chi connectivity index (χ0n) is 13.9. The van der Waals surface area contributed by atoms with Crippen LogP contribution in [-0.2, 0) is 6.54 Å². The van der Waals surface area contributed by atoms with Crippen LogP contribution in [0.5, 0.6) is 17.2 Å². The number of benzene rings is 2. The third kappa shape index (κ3) is 3.40. The minimum absolute atomic E-state index is 0.357. The summed E-state index contributed by atoms with van der Waals surface area (Å²) in [5.41, 5.74) is 10.1. The van der Waals surface area contributed by atoms with Crippen LogP contribution >= 0.6 is 11.9 Å². The van der Waals surface area contributed by atoms with Gasteiger partial charge >= 0.3 is 0 Å². The third-order valence-corrected chi connectivity index (χ3v) is 4.07. The molecule has 0 amide bonds. The first kappa shape index (κ1) is 17.1. The molecule has 0 fully saturated rings. The molecule has 0 spiro atoms. The molecule has 6 nitrogen and oxygen atoms in total. The van der Waals surface area contributed by atoms with E-state index in [1.165, 1.54) is 7.11 Å². The summed E-state index contributed by atoms with van der Waals surface area (Å²) in [7, 11) is 3.07. The molecule has 0 unspecified atom stereocenters. The van der Waals surface area contributed by atoms with Gasteiger partial charge in [-0.2, -0.15) is 5.10 Å². The second-order valence-corrected chi connectivity index (χ2v) is 5.51. The van der Waals surface area contributed by atoms with Crippen molar-refractivity contribution in [2.75, 3.05) is 14.2 Å². The number of hydrogen-bond donors (Lipinski definition) is 2. The average molecular weight is 360 g/mol. The zero-order valence-corrected chi connectivity index (χ0v) is 14.6. The summed E-state index contributed by atoms with van der Waals surface area (Å²) in [6.07, 6.45) is 0. The van der Waals surface area contributed by atoms with Crippen LogP contribution in [0, 0.1) is 0 Å². The number of halogens is 1. The van der Waals surface area contributed by atoms with Crippen LogP contribution in [0.1, 0.15) is 5.56 Å². The van der Waals surface area contributed by atoms with Crippen molar-refractivity contribution in [1.82, 2.24) is 10.2 Å². The van der Waals surface area contributed by atoms with Crippen LogP contribution in [0.15, 0.2) is 42.5 Å². The van der Waals surface area contributed by atoms with E-state index in [1.54, 1.807) is 13.2 Å². The lowest BCUT2D eigenvalue weighted by Crippen LogP contribution is -1.95. The molecular weight excluding hydrogens is 342 g/mol. The summed E-state index contributed by atoms with van der Waals surface area (Å²) < 4.78 is 15.5. The minimum atomic E-state index is 0.357. The number of methoxy groups -OCH3 is 2. The summed E-state index contributed by atoms with van der Waals surface area (Å²) >= 11 is 5.55. The van der Waals surface area contributed by atoms with E-state index in [9.17, 15) is 0 Å². The minimum Gasteiger partial charge on any atom is -0.493 e. The Hall–Kier alpha value is -2.70. The molecular formula is C18H18ClN3O3. The molecule has 0 bridgehead atoms. The Morgan fingerprint density at radius 2 is 1.72 bits per heavy atom. The maximum absolute atomic E-state index is 5.63. The van der Waals surface area contributed by atoms with Crippen molar-refractivity contribution in [2.45, 2.75) is 6.54 Å². The molecule has 1 heterocycles. The summed E-state index contributed by atoms with van der Waals surface area (Å²) in [6.45, 7) is 0.515. The van der Waals surface area contributed by atoms with Crippen LogP contribution < -0.4 is 19.5 Å². The van der Waals surface area contributed by atoms with E-state index in [0.717, 1.165) is 28.1 Å². The fourth-order valence-corrected chi connectivity index (χ4v) is 2.69. The highest BCUT2D eigenvalue weighted by atomic mass is 35.5. The Kier molecular flexibility index (Phi) is 5.11. The van der Waals surface area contributed by atoms with Crippen LogP contribution in [0.2, 0.25) is 0 Å². The molecule has 0 saturated carbocycles. The molecule has 0 aliphatic heterocycles. The second kappa shape index (κ2) is 7.46. The Labute approximate surface area is 150 Å². The van der Waals surface area contributed by atoms with Gasteiger partial charge in [-0.25, -0.2) is 0 Å². The quantitative estimate of drug-likeness (QED) is 0.700. The van der Waals surface area contributed by atoms with E-state index in [4.69, 9.17) is 31.4 Å². The molecule has 0 aliphatic rings. The van der Waals surface area contributed by atoms with E-state index >= 15 is 0 Å². The number of hydrogen-bond acceptors (Lipinski definition) is 5. The number of nitrogens with one attached hydrogen (secondary N) is 1. The molecule has 3 rings (SSSR count). The third-order valence-electron chi connectivity index (χ3n) is 3.90. The molecule has 3 N–H and O–H groups in total. The topological polar surface area (TPSA) is 82.4 Å². The maximum atomic E-state index is 5.63. The lowest BCUT2D eigenvalue weighted by atomic mass is 10.1. The number of aromatic nitrogens is 2. The summed E-state index contributed by atoms with van der Waals surface area (Å²) in [5, 5.41) is 7.40. The van der Waals surface area contributed by atoms with Gasteiger partial charge in [-0.3, -0.25) is 5.10 Å². The van der Waals surface area contributed by atoms with Gasteiger partial charge in [0, 0.05) is 12.1 Å². The lowest BCUT2D eigenvalue weighted by Gasteiger charge is -2.11. The zero-order chi connectivity index (χ0) is 17.8. The van der Waals surface area contributed by atoms with Crippen molar-refractivity contribution >= 4 is 11.9 Å². The normalized spacial score (nSPS) is 10.6. The van der Waals surface area contributed by atoms with E-state index in [0.29, 0.717) is 23.8 Å². The Morgan fingerprint density at radius 3 is 2.32 bits per heavy atom. The first-order valence-electron chi connectivity index (χ1n) is 7.60. The van der Waals surface area contributed by atoms with Gasteiger partial charge in [0.2, 0.25) is 5.75 Å². The molecule has 0 saturated heterocycles. The molecule has 2 aromatic carbocycles. The number of nitrogens with two attached hydrogens (primary N) is 1. The highest BCUT2D eigenvalue weighted by Crippen LogP contribution is 2.41. The molecule has 3 aromatic rings. The van der Waals surface area contributed by atoms with E-state index in [-0.39, 0.29) is 0 Å². The van der Waals surface area contributed by atoms with Crippen LogP contribution in [0.25, 0.3) is 22.5 Å². The predicted molar refractivity (Wildman–Crippen MR) is 96.9 cm³/mol. The highest BCUT2D eigenvalue weighted by molar-refractivity contribution is 6.09. The largest absolute Gasteiger partial charge is 0.493 e. The van der Waals surface area contributed by atoms with Crippen molar-refractivity contribution in [3.63, 3.8) is 0 Å². The van der Waals surface area contributed by atoms with Crippen LogP contribution in [0.4, 0.5) is 0 Å². The smallest absolute Gasteiger partial charge is 0.205 e. The molecule has 7 heteroatoms. The predicted octanol–water partition coefficient (Wildman–Crippen LogP) is 3.75. The molecule has 0 radical (unpaired) electrons. The summed E-state index contributed by atoms with van der Waals surface area (Å²) in [5.74, 6) is 1.29. The van der Waals surface area contributed by atoms with Crippen molar-refractivity contribution in [3.8, 4) is 39.8 Å². The molecule has 25 heavy (non-hydrogen) atoms. The number of nitrogens with zero attached hydrogens (tertiary/aromatic N) is 1. The van der Waals surface area contributed by atoms with Crippen molar-refractivity contribution in [3.05, 3.63) is 48.0 Å². The number of aromatic amines is 1. The number of ether oxygens (including phenoxy) is 2. The van der Waals surface area contributed by atoms with Gasteiger partial charge in [-0.05, 0) is 29.3 Å². The van der Waals surface area contributed by atoms with Gasteiger partial charge in [0.1, 0.15) is 11.9 Å². The van der Waals surface area contributed by atoms with Gasteiger partial charge < -0.3 is 19.5 Å². The number of H-pyrrole nitrogens is 1. The SMILES string of the molecule is COc1cc(-c2cc(-c3ccc(CN)cc3)[nH]n2)cc(OCl)c1OC. The highest BCUT2D eigenvalue weighted by Gasteiger charge is 2.16. The lowest BCUT2D eigenvalue weighted by molar-refractivity contribution is 0.345. The average Bonchev–Trinajstić information content (AvgIpc) is 3.17. The van der Waals surface area contributed by atoms with Gasteiger partial charge in [0.15, 0.2) is 11.5 Å². The van der Waals surface area contributed by atoms with Crippen molar-refractivity contribution in [2.24, 2.45) is 5.73 Å². The molecule has 0 atom stereocenters. The van der Waals surface area contributed by atoms with Crippen LogP contribution in [0.3, 0.4) is 0 Å². The maximum Gasteiger partial charge on any atom is 0.205 e. The molecule has 130 valence electrons. The van der Waals surface area contributed by atoms with Crippen molar-refractivity contribution < 1.29 is 13.8 Å². The fourth-order valence-electron chi connectivity index (χ4n) is 2.57. The van der Waals surface area contributed by atoms with E-state index < -0.39 is 0 Å². The van der Waals surface area contributed by atoms with Crippen LogP contribution in [-0.4, -0.2) is 24.4 Å². The monoisotopic (exact) mass is 359 g/mol. The fraction of sp³-hybridized carbons (Fsp3) is 0.167. The summed E-state index contributed by atoms with van der Waals surface area (Å²) in [4.78, 5) is 0. The van der Waals surface area contributed by atoms with Gasteiger partial charge in [0.25, 0.3) is 0 Å². The van der Waals surface area contributed by atoms with Gasteiger partial charge in [-0.1, -0.05) is 24.3 Å². The first-order chi connectivity index (χ1) is 12.2. The van der Waals surface area contributed by atoms with E-state index in [1.807, 2.05) is 36.4 Å². The van der Waals surface area contributed by atoms with Gasteiger partial charge in [-0.15, -0.1) is 0 Å².